The van der Waals surface area contributed by atoms with Gasteiger partial charge in [-0.2, -0.15) is 4.37 Å². The largest absolute Gasteiger partial charge is 0.380 e. The van der Waals surface area contributed by atoms with Gasteiger partial charge in [0.25, 0.3) is 0 Å². The Bertz CT molecular complexity index is 525. The molecular weight excluding hydrogens is 258 g/mol. The van der Waals surface area contributed by atoms with Crippen LogP contribution in [0.2, 0.25) is 0 Å². The second kappa shape index (κ2) is 6.63. The van der Waals surface area contributed by atoms with Crippen LogP contribution in [0.5, 0.6) is 0 Å². The van der Waals surface area contributed by atoms with Crippen LogP contribution in [0.4, 0.5) is 5.13 Å². The fourth-order valence-electron chi connectivity index (χ4n) is 1.71. The molecule has 19 heavy (non-hydrogen) atoms. The van der Waals surface area contributed by atoms with Gasteiger partial charge in [0.2, 0.25) is 5.13 Å². The molecule has 0 unspecified atom stereocenters. The van der Waals surface area contributed by atoms with Gasteiger partial charge in [0.15, 0.2) is 0 Å². The van der Waals surface area contributed by atoms with Gasteiger partial charge in [-0.3, -0.25) is 0 Å². The van der Waals surface area contributed by atoms with Crippen molar-refractivity contribution < 1.29 is 4.74 Å². The first-order valence-corrected chi connectivity index (χ1v) is 7.10. The summed E-state index contributed by atoms with van der Waals surface area (Å²) in [4.78, 5) is 4.46. The maximum Gasteiger partial charge on any atom is 0.202 e. The Hall–Kier alpha value is -1.46. The summed E-state index contributed by atoms with van der Waals surface area (Å²) < 4.78 is 9.46. The average molecular weight is 277 g/mol. The van der Waals surface area contributed by atoms with Crippen molar-refractivity contribution in [2.24, 2.45) is 0 Å². The Morgan fingerprint density at radius 3 is 2.79 bits per heavy atom. The van der Waals surface area contributed by atoms with Gasteiger partial charge in [0.05, 0.1) is 6.61 Å². The first-order valence-electron chi connectivity index (χ1n) is 6.33. The van der Waals surface area contributed by atoms with Crippen LogP contribution in [0.1, 0.15) is 36.7 Å². The fourth-order valence-corrected chi connectivity index (χ4v) is 2.42. The third-order valence-corrected chi connectivity index (χ3v) is 3.39. The van der Waals surface area contributed by atoms with Crippen molar-refractivity contribution in [2.75, 3.05) is 12.4 Å². The van der Waals surface area contributed by atoms with Crippen LogP contribution in [0.3, 0.4) is 0 Å². The van der Waals surface area contributed by atoms with E-state index in [-0.39, 0.29) is 0 Å². The van der Waals surface area contributed by atoms with Gasteiger partial charge in [-0.1, -0.05) is 38.1 Å². The minimum atomic E-state index is 0.372. The van der Waals surface area contributed by atoms with E-state index in [2.05, 4.69) is 46.7 Å². The van der Waals surface area contributed by atoms with Gasteiger partial charge in [-0.15, -0.1) is 0 Å². The van der Waals surface area contributed by atoms with E-state index in [0.717, 1.165) is 17.5 Å². The molecule has 0 fully saturated rings. The molecule has 0 amide bonds. The normalized spacial score (nSPS) is 10.9. The monoisotopic (exact) mass is 277 g/mol. The number of anilines is 1. The van der Waals surface area contributed by atoms with Crippen molar-refractivity contribution in [3.63, 3.8) is 0 Å². The fraction of sp³-hybridized carbons (Fsp3) is 0.429. The lowest BCUT2D eigenvalue weighted by molar-refractivity contribution is 0.185. The molecule has 0 aliphatic heterocycles. The lowest BCUT2D eigenvalue weighted by Crippen LogP contribution is -2.00. The van der Waals surface area contributed by atoms with Gasteiger partial charge in [0, 0.05) is 31.1 Å². The zero-order chi connectivity index (χ0) is 13.7. The smallest absolute Gasteiger partial charge is 0.202 e. The molecule has 0 aliphatic rings. The molecule has 0 spiro atoms. The summed E-state index contributed by atoms with van der Waals surface area (Å²) in [5, 5.41) is 4.19. The highest BCUT2D eigenvalue weighted by Gasteiger charge is 2.07. The van der Waals surface area contributed by atoms with Crippen molar-refractivity contribution in [1.29, 1.82) is 0 Å². The third kappa shape index (κ3) is 4.01. The predicted molar refractivity (Wildman–Crippen MR) is 78.5 cm³/mol. The van der Waals surface area contributed by atoms with Crippen molar-refractivity contribution in [3.8, 4) is 0 Å². The Balaban J connectivity index is 1.95. The summed E-state index contributed by atoms with van der Waals surface area (Å²) in [6.45, 7) is 5.59. The summed E-state index contributed by atoms with van der Waals surface area (Å²) in [6.07, 6.45) is 0. The Morgan fingerprint density at radius 2 is 2.11 bits per heavy atom. The molecule has 1 N–H and O–H groups in total. The molecule has 0 radical (unpaired) electrons. The zero-order valence-corrected chi connectivity index (χ0v) is 12.3. The molecule has 1 aromatic carbocycles. The number of methoxy groups -OCH3 is 1. The highest BCUT2D eigenvalue weighted by atomic mass is 32.1. The van der Waals surface area contributed by atoms with Crippen LogP contribution >= 0.6 is 11.5 Å². The molecule has 2 aromatic rings. The standard InChI is InChI=1S/C14H19N3OS/c1-10(2)13-16-14(19-17-13)15-8-11-5-4-6-12(7-11)9-18-3/h4-7,10H,8-9H2,1-3H3,(H,15,16,17). The Labute approximate surface area is 118 Å². The van der Waals surface area contributed by atoms with Crippen LogP contribution in [0.25, 0.3) is 0 Å². The van der Waals surface area contributed by atoms with E-state index in [0.29, 0.717) is 12.5 Å². The van der Waals surface area contributed by atoms with E-state index in [4.69, 9.17) is 4.74 Å². The maximum absolute atomic E-state index is 5.13. The van der Waals surface area contributed by atoms with Gasteiger partial charge in [0.1, 0.15) is 5.82 Å². The molecule has 0 bridgehead atoms. The SMILES string of the molecule is COCc1cccc(CNc2nc(C(C)C)ns2)c1. The van der Waals surface area contributed by atoms with Crippen LogP contribution in [-0.2, 0) is 17.9 Å². The van der Waals surface area contributed by atoms with Crippen LogP contribution in [-0.4, -0.2) is 16.5 Å². The molecule has 0 aliphatic carbocycles. The van der Waals surface area contributed by atoms with Crippen LogP contribution in [0, 0.1) is 0 Å². The summed E-state index contributed by atoms with van der Waals surface area (Å²) in [5.41, 5.74) is 2.40. The first-order chi connectivity index (χ1) is 9.19. The highest BCUT2D eigenvalue weighted by Crippen LogP contribution is 2.18. The van der Waals surface area contributed by atoms with Gasteiger partial charge < -0.3 is 10.1 Å². The zero-order valence-electron chi connectivity index (χ0n) is 11.5. The number of hydrogen-bond acceptors (Lipinski definition) is 5. The molecule has 102 valence electrons. The summed E-state index contributed by atoms with van der Waals surface area (Å²) in [7, 11) is 1.71. The third-order valence-electron chi connectivity index (χ3n) is 2.70. The average Bonchev–Trinajstić information content (AvgIpc) is 2.86. The second-order valence-corrected chi connectivity index (χ2v) is 5.47. The number of nitrogens with zero attached hydrogens (tertiary/aromatic N) is 2. The molecular formula is C14H19N3OS. The number of aromatic nitrogens is 2. The molecule has 0 saturated carbocycles. The number of hydrogen-bond donors (Lipinski definition) is 1. The number of nitrogens with one attached hydrogen (secondary N) is 1. The van der Waals surface area contributed by atoms with E-state index < -0.39 is 0 Å². The van der Waals surface area contributed by atoms with Crippen molar-refractivity contribution in [2.45, 2.75) is 32.9 Å². The molecule has 1 heterocycles. The van der Waals surface area contributed by atoms with Gasteiger partial charge in [-0.25, -0.2) is 4.98 Å². The predicted octanol–water partition coefficient (Wildman–Crippen LogP) is 3.42. The van der Waals surface area contributed by atoms with Crippen LogP contribution in [0.15, 0.2) is 24.3 Å². The summed E-state index contributed by atoms with van der Waals surface area (Å²) in [5.74, 6) is 1.28. The molecule has 5 heteroatoms. The topological polar surface area (TPSA) is 47.0 Å². The molecule has 0 atom stereocenters. The number of rotatable bonds is 6. The second-order valence-electron chi connectivity index (χ2n) is 4.72. The minimum Gasteiger partial charge on any atom is -0.380 e. The molecule has 0 saturated heterocycles. The maximum atomic E-state index is 5.13. The van der Waals surface area contributed by atoms with E-state index in [1.807, 2.05) is 6.07 Å². The highest BCUT2D eigenvalue weighted by molar-refractivity contribution is 7.09. The van der Waals surface area contributed by atoms with Crippen molar-refractivity contribution >= 4 is 16.7 Å². The van der Waals surface area contributed by atoms with Crippen molar-refractivity contribution in [1.82, 2.24) is 9.36 Å². The van der Waals surface area contributed by atoms with Crippen LogP contribution < -0.4 is 5.32 Å². The molecule has 1 aromatic heterocycles. The van der Waals surface area contributed by atoms with Gasteiger partial charge >= 0.3 is 0 Å². The molecule has 2 rings (SSSR count). The van der Waals surface area contributed by atoms with Crippen molar-refractivity contribution in [3.05, 3.63) is 41.2 Å². The number of ether oxygens (including phenoxy) is 1. The minimum absolute atomic E-state index is 0.372. The van der Waals surface area contributed by atoms with Gasteiger partial charge in [-0.05, 0) is 11.1 Å². The van der Waals surface area contributed by atoms with E-state index in [9.17, 15) is 0 Å². The number of benzene rings is 1. The Kier molecular flexibility index (Phi) is 4.87. The Morgan fingerprint density at radius 1 is 1.32 bits per heavy atom. The molecule has 4 nitrogen and oxygen atoms in total. The lowest BCUT2D eigenvalue weighted by atomic mass is 10.1. The first kappa shape index (κ1) is 14.0. The summed E-state index contributed by atoms with van der Waals surface area (Å²) >= 11 is 1.41. The summed E-state index contributed by atoms with van der Waals surface area (Å²) in [6, 6.07) is 8.34. The quantitative estimate of drug-likeness (QED) is 0.879. The van der Waals surface area contributed by atoms with E-state index in [1.54, 1.807) is 7.11 Å². The van der Waals surface area contributed by atoms with E-state index >= 15 is 0 Å². The van der Waals surface area contributed by atoms with E-state index in [1.165, 1.54) is 22.7 Å². The lowest BCUT2D eigenvalue weighted by Gasteiger charge is -2.05.